The van der Waals surface area contributed by atoms with E-state index in [2.05, 4.69) is 91.3 Å². The molecule has 2 heterocycles. The van der Waals surface area contributed by atoms with E-state index >= 15 is 0 Å². The van der Waals surface area contributed by atoms with Crippen molar-refractivity contribution in [1.82, 2.24) is 9.97 Å². The minimum atomic E-state index is -0.963. The number of carbonyl (C=O) groups is 2. The third-order valence-corrected chi connectivity index (χ3v) is 7.97. The Morgan fingerprint density at radius 2 is 1.13 bits per heavy atom. The number of carbonyl (C=O) groups excluding carboxylic acids is 1. The highest BCUT2D eigenvalue weighted by atomic mass is 16.5. The molecule has 0 bridgehead atoms. The molecule has 0 atom stereocenters. The molecule has 0 radical (unpaired) electrons. The zero-order valence-electron chi connectivity index (χ0n) is 41.1. The van der Waals surface area contributed by atoms with E-state index < -0.39 is 11.9 Å². The number of aliphatic carboxylic acids is 2. The van der Waals surface area contributed by atoms with Crippen LogP contribution in [0.15, 0.2) is 97.5 Å². The molecule has 350 valence electrons. The largest absolute Gasteiger partial charge is 0.872 e. The van der Waals surface area contributed by atoms with Crippen LogP contribution in [-0.2, 0) is 33.6 Å². The molecule has 2 aromatic heterocycles. The maximum absolute atomic E-state index is 11.2. The first kappa shape index (κ1) is 61.5. The number of nitrogens with zero attached hydrogens (tertiary/aromatic N) is 2. The second-order valence-electron chi connectivity index (χ2n) is 17.9. The number of pyridine rings is 2. The van der Waals surface area contributed by atoms with Crippen molar-refractivity contribution in [2.75, 3.05) is 13.7 Å². The second kappa shape index (κ2) is 39.1. The van der Waals surface area contributed by atoms with Gasteiger partial charge in [0.05, 0.1) is 0 Å². The van der Waals surface area contributed by atoms with E-state index in [1.54, 1.807) is 31.5 Å². The van der Waals surface area contributed by atoms with Crippen LogP contribution >= 0.6 is 0 Å². The summed E-state index contributed by atoms with van der Waals surface area (Å²) in [6, 6.07) is 24.8. The standard InChI is InChI=1S/2C10H14O.C9H13N.C8H11N.C6H14O.2C5H10O2/c2*1-8(2)7-9-5-3-4-6-10(9)11;1-8(2)7-9-5-3-4-6-10-9;1-7(2)8-4-3-5-9-6-8;1-6(2)4-5-7-3;2*1-4(2)3-5(6)7/h2*3-6,8,11H,7H2,1-2H3;3-6,8H,7H2,1-2H3;3-7H,1-2H3;6H,4-5H2,1-3H3;2*4H,3H2,1-2H3,(H,6,7)/p-2. The van der Waals surface area contributed by atoms with Crippen molar-refractivity contribution < 1.29 is 34.8 Å². The average molecular weight is 861 g/mol. The van der Waals surface area contributed by atoms with Gasteiger partial charge in [-0.05, 0) is 109 Å². The highest BCUT2D eigenvalue weighted by Gasteiger charge is 2.02. The Kier molecular flexibility index (Phi) is 38.8. The number of benzene rings is 2. The number of hydrogen-bond donors (Lipinski definition) is 2. The highest BCUT2D eigenvalue weighted by molar-refractivity contribution is 5.66. The minimum Gasteiger partial charge on any atom is -0.872 e. The Hall–Kier alpha value is -4.76. The first-order chi connectivity index (χ1) is 29.0. The fourth-order valence-electron chi connectivity index (χ4n) is 4.93. The highest BCUT2D eigenvalue weighted by Crippen LogP contribution is 2.19. The van der Waals surface area contributed by atoms with Gasteiger partial charge in [0.25, 0.3) is 0 Å². The van der Waals surface area contributed by atoms with Crippen molar-refractivity contribution >= 4 is 11.9 Å². The Bertz CT molecular complexity index is 1550. The van der Waals surface area contributed by atoms with Crippen LogP contribution < -0.4 is 10.2 Å². The number of hydrogen-bond acceptors (Lipinski definition) is 8. The van der Waals surface area contributed by atoms with E-state index in [9.17, 15) is 24.9 Å². The van der Waals surface area contributed by atoms with E-state index in [1.807, 2.05) is 88.6 Å². The van der Waals surface area contributed by atoms with Gasteiger partial charge in [-0.3, -0.25) is 14.8 Å². The number of carboxylic acid groups (broad SMARTS) is 2. The van der Waals surface area contributed by atoms with Crippen LogP contribution in [0.3, 0.4) is 0 Å². The molecule has 2 aromatic carbocycles. The summed E-state index contributed by atoms with van der Waals surface area (Å²) in [5, 5.41) is 38.3. The molecule has 0 aliphatic heterocycles. The minimum absolute atomic E-state index is 0.167. The normalized spacial score (nSPS) is 10.2. The van der Waals surface area contributed by atoms with Crippen LogP contribution in [0.1, 0.15) is 144 Å². The summed E-state index contributed by atoms with van der Waals surface area (Å²) in [7, 11) is 1.74. The average Bonchev–Trinajstić information content (AvgIpc) is 3.16. The van der Waals surface area contributed by atoms with Gasteiger partial charge in [0.2, 0.25) is 0 Å². The zero-order valence-corrected chi connectivity index (χ0v) is 41.1. The summed E-state index contributed by atoms with van der Waals surface area (Å²) in [6.45, 7) is 30.0. The number of phenols is 1. The van der Waals surface area contributed by atoms with Crippen molar-refractivity contribution in [3.63, 3.8) is 0 Å². The summed E-state index contributed by atoms with van der Waals surface area (Å²) in [4.78, 5) is 27.7. The molecular weight excluding hydrogens is 777 g/mol. The lowest BCUT2D eigenvalue weighted by Crippen LogP contribution is -2.23. The molecule has 0 aliphatic carbocycles. The van der Waals surface area contributed by atoms with E-state index in [-0.39, 0.29) is 30.4 Å². The van der Waals surface area contributed by atoms with Crippen molar-refractivity contribution in [2.45, 2.75) is 141 Å². The SMILES string of the molecule is CC(C)CC(=O)O.CC(C)CC(=O)[O-].CC(C)Cc1ccccc1O.CC(C)Cc1ccccc1[O-].CC(C)Cc1ccccn1.CC(C)c1cccnc1.COCCC(C)C. The molecule has 0 unspecified atom stereocenters. The van der Waals surface area contributed by atoms with E-state index in [0.717, 1.165) is 42.9 Å². The van der Waals surface area contributed by atoms with Crippen molar-refractivity contribution in [1.29, 1.82) is 0 Å². The maximum atomic E-state index is 11.2. The number of rotatable bonds is 14. The number of aromatic hydroxyl groups is 1. The van der Waals surface area contributed by atoms with Gasteiger partial charge >= 0.3 is 5.97 Å². The smallest absolute Gasteiger partial charge is 0.303 e. The van der Waals surface area contributed by atoms with Gasteiger partial charge in [0.15, 0.2) is 0 Å². The molecule has 9 heteroatoms. The molecule has 0 aliphatic rings. The van der Waals surface area contributed by atoms with Gasteiger partial charge in [-0.1, -0.05) is 157 Å². The van der Waals surface area contributed by atoms with E-state index in [4.69, 9.17) is 9.84 Å². The summed E-state index contributed by atoms with van der Waals surface area (Å²) in [5.74, 6) is 2.64. The van der Waals surface area contributed by atoms with Gasteiger partial charge in [0, 0.05) is 50.4 Å². The summed E-state index contributed by atoms with van der Waals surface area (Å²) in [5.41, 5.74) is 4.47. The molecule has 0 saturated heterocycles. The molecular formula is C53H84N2O7-2. The number of carboxylic acids is 2. The summed E-state index contributed by atoms with van der Waals surface area (Å²) in [6.07, 6.45) is 10.1. The molecule has 9 nitrogen and oxygen atoms in total. The summed E-state index contributed by atoms with van der Waals surface area (Å²) < 4.78 is 4.85. The Labute approximate surface area is 377 Å². The number of phenolic OH excluding ortho intramolecular Hbond substituents is 1. The number of para-hydroxylation sites is 2. The second-order valence-corrected chi connectivity index (χ2v) is 17.9. The molecule has 0 spiro atoms. The molecule has 4 rings (SSSR count). The van der Waals surface area contributed by atoms with Crippen molar-refractivity contribution in [3.05, 3.63) is 120 Å². The Morgan fingerprint density at radius 1 is 0.613 bits per heavy atom. The van der Waals surface area contributed by atoms with Gasteiger partial charge in [-0.25, -0.2) is 0 Å². The van der Waals surface area contributed by atoms with Gasteiger partial charge in [-0.2, -0.15) is 0 Å². The Morgan fingerprint density at radius 3 is 1.45 bits per heavy atom. The van der Waals surface area contributed by atoms with Gasteiger partial charge < -0.3 is 30.0 Å². The topological polar surface area (TPSA) is 156 Å². The molecule has 4 aromatic rings. The lowest BCUT2D eigenvalue weighted by Gasteiger charge is -2.13. The third kappa shape index (κ3) is 43.3. The molecule has 62 heavy (non-hydrogen) atoms. The maximum Gasteiger partial charge on any atom is 0.303 e. The van der Waals surface area contributed by atoms with E-state index in [0.29, 0.717) is 29.4 Å². The monoisotopic (exact) mass is 861 g/mol. The molecule has 0 amide bonds. The lowest BCUT2D eigenvalue weighted by atomic mass is 10.0. The van der Waals surface area contributed by atoms with Crippen LogP contribution in [0.2, 0.25) is 0 Å². The molecule has 0 fully saturated rings. The van der Waals surface area contributed by atoms with Crippen LogP contribution in [0, 0.1) is 35.5 Å². The zero-order chi connectivity index (χ0) is 48.0. The van der Waals surface area contributed by atoms with E-state index in [1.165, 1.54) is 17.7 Å². The third-order valence-electron chi connectivity index (χ3n) is 7.97. The number of aromatic nitrogens is 2. The van der Waals surface area contributed by atoms with Gasteiger partial charge in [0.1, 0.15) is 5.75 Å². The van der Waals surface area contributed by atoms with Crippen molar-refractivity contribution in [3.8, 4) is 11.5 Å². The predicted molar refractivity (Wildman–Crippen MR) is 255 cm³/mol. The van der Waals surface area contributed by atoms with Gasteiger partial charge in [-0.15, -0.1) is 5.75 Å². The first-order valence-corrected chi connectivity index (χ1v) is 22.2. The van der Waals surface area contributed by atoms with Crippen molar-refractivity contribution in [2.24, 2.45) is 35.5 Å². The molecule has 0 saturated carbocycles. The molecule has 2 N–H and O–H groups in total. The van der Waals surface area contributed by atoms with Crippen LogP contribution in [0.4, 0.5) is 0 Å². The number of ether oxygens (including phenoxy) is 1. The Balaban J connectivity index is -0.000000661. The van der Waals surface area contributed by atoms with Crippen LogP contribution in [0.5, 0.6) is 11.5 Å². The lowest BCUT2D eigenvalue weighted by molar-refractivity contribution is -0.306. The fourth-order valence-corrected chi connectivity index (χ4v) is 4.93. The number of methoxy groups -OCH3 is 1. The van der Waals surface area contributed by atoms with Crippen LogP contribution in [-0.4, -0.2) is 45.8 Å². The fraction of sp³-hybridized carbons (Fsp3) is 0.547. The summed E-state index contributed by atoms with van der Waals surface area (Å²) >= 11 is 0. The first-order valence-electron chi connectivity index (χ1n) is 22.2. The quantitative estimate of drug-likeness (QED) is 0.126. The predicted octanol–water partition coefficient (Wildman–Crippen LogP) is 11.6. The van der Waals surface area contributed by atoms with Crippen LogP contribution in [0.25, 0.3) is 0 Å².